The summed E-state index contributed by atoms with van der Waals surface area (Å²) in [6, 6.07) is 0. The van der Waals surface area contributed by atoms with Crippen molar-refractivity contribution in [3.05, 3.63) is 0 Å². The van der Waals surface area contributed by atoms with Gasteiger partial charge in [0.1, 0.15) is 0 Å². The molecule has 0 radical (unpaired) electrons. The molecule has 0 amide bonds. The van der Waals surface area contributed by atoms with Crippen molar-refractivity contribution in [2.75, 3.05) is 27.4 Å². The van der Waals surface area contributed by atoms with Crippen molar-refractivity contribution in [2.24, 2.45) is 0 Å². The van der Waals surface area contributed by atoms with Gasteiger partial charge in [0.15, 0.2) is 0 Å². The van der Waals surface area contributed by atoms with Gasteiger partial charge >= 0.3 is 0 Å². The van der Waals surface area contributed by atoms with Crippen LogP contribution in [0.15, 0.2) is 0 Å². The van der Waals surface area contributed by atoms with E-state index in [1.54, 1.807) is 0 Å². The van der Waals surface area contributed by atoms with E-state index in [2.05, 4.69) is 11.8 Å². The highest BCUT2D eigenvalue weighted by Crippen LogP contribution is 2.13. The Morgan fingerprint density at radius 2 is 0.909 bits per heavy atom. The summed E-state index contributed by atoms with van der Waals surface area (Å²) in [4.78, 5) is 2.07. The first-order valence-electron chi connectivity index (χ1n) is 10.00. The van der Waals surface area contributed by atoms with Crippen molar-refractivity contribution < 1.29 is 4.74 Å². The fraction of sp³-hybridized carbons (Fsp3) is 1.00. The highest BCUT2D eigenvalue weighted by atomic mass is 16.5. The minimum Gasteiger partial charge on any atom is -0.366 e. The van der Waals surface area contributed by atoms with E-state index in [1.165, 1.54) is 96.3 Å². The molecule has 0 heterocycles. The summed E-state index contributed by atoms with van der Waals surface area (Å²) in [7, 11) is 4.10. The average molecular weight is 314 g/mol. The molecule has 0 aromatic heterocycles. The van der Waals surface area contributed by atoms with Gasteiger partial charge in [-0.1, -0.05) is 96.8 Å². The highest BCUT2D eigenvalue weighted by molar-refractivity contribution is 4.49. The Morgan fingerprint density at radius 3 is 1.27 bits per heavy atom. The number of unbranched alkanes of at least 4 members (excludes halogenated alkanes) is 14. The van der Waals surface area contributed by atoms with Crippen LogP contribution in [0.2, 0.25) is 0 Å². The minimum absolute atomic E-state index is 0.763. The van der Waals surface area contributed by atoms with Crippen molar-refractivity contribution in [2.45, 2.75) is 103 Å². The molecule has 0 aliphatic rings. The molecule has 2 nitrogen and oxygen atoms in total. The summed E-state index contributed by atoms with van der Waals surface area (Å²) in [5, 5.41) is 0. The van der Waals surface area contributed by atoms with Gasteiger partial charge in [-0.3, -0.25) is 4.90 Å². The average Bonchev–Trinajstić information content (AvgIpc) is 2.50. The van der Waals surface area contributed by atoms with Crippen molar-refractivity contribution in [1.82, 2.24) is 4.90 Å². The van der Waals surface area contributed by atoms with Gasteiger partial charge in [-0.15, -0.1) is 0 Å². The van der Waals surface area contributed by atoms with Crippen LogP contribution in [0, 0.1) is 0 Å². The first-order chi connectivity index (χ1) is 10.8. The lowest BCUT2D eigenvalue weighted by molar-refractivity contribution is 0.0539. The normalized spacial score (nSPS) is 11.5. The zero-order chi connectivity index (χ0) is 16.3. The third-order valence-electron chi connectivity index (χ3n) is 4.24. The second kappa shape index (κ2) is 19.0. The highest BCUT2D eigenvalue weighted by Gasteiger charge is 1.95. The Hall–Kier alpha value is -0.0800. The topological polar surface area (TPSA) is 12.5 Å². The maximum Gasteiger partial charge on any atom is 0.0985 e. The largest absolute Gasteiger partial charge is 0.366 e. The number of nitrogens with zero attached hydrogens (tertiary/aromatic N) is 1. The van der Waals surface area contributed by atoms with E-state index in [0.717, 1.165) is 13.3 Å². The maximum absolute atomic E-state index is 5.53. The number of hydrogen-bond donors (Lipinski definition) is 0. The Kier molecular flexibility index (Phi) is 18.9. The molecule has 22 heavy (non-hydrogen) atoms. The van der Waals surface area contributed by atoms with Crippen molar-refractivity contribution in [3.63, 3.8) is 0 Å². The van der Waals surface area contributed by atoms with Crippen LogP contribution < -0.4 is 0 Å². The van der Waals surface area contributed by atoms with Crippen LogP contribution in [0.3, 0.4) is 0 Å². The van der Waals surface area contributed by atoms with E-state index in [4.69, 9.17) is 4.74 Å². The van der Waals surface area contributed by atoms with Gasteiger partial charge in [-0.05, 0) is 20.5 Å². The van der Waals surface area contributed by atoms with Gasteiger partial charge in [-0.2, -0.15) is 0 Å². The Morgan fingerprint density at radius 1 is 0.545 bits per heavy atom. The first-order valence-corrected chi connectivity index (χ1v) is 10.00. The molecular formula is C20H43NO. The lowest BCUT2D eigenvalue weighted by Crippen LogP contribution is -2.16. The summed E-state index contributed by atoms with van der Waals surface area (Å²) in [6.07, 6.45) is 21.3. The zero-order valence-electron chi connectivity index (χ0n) is 15.9. The Balaban J connectivity index is 2.94. The molecule has 0 atom stereocenters. The van der Waals surface area contributed by atoms with Crippen LogP contribution in [0.5, 0.6) is 0 Å². The molecule has 134 valence electrons. The van der Waals surface area contributed by atoms with E-state index in [-0.39, 0.29) is 0 Å². The molecule has 0 spiro atoms. The van der Waals surface area contributed by atoms with E-state index in [1.807, 2.05) is 14.1 Å². The lowest BCUT2D eigenvalue weighted by Gasteiger charge is -2.09. The molecule has 0 saturated carbocycles. The quantitative estimate of drug-likeness (QED) is 0.215. The zero-order valence-corrected chi connectivity index (χ0v) is 15.9. The van der Waals surface area contributed by atoms with Gasteiger partial charge in [-0.25, -0.2) is 0 Å². The summed E-state index contributed by atoms with van der Waals surface area (Å²) in [5.74, 6) is 0. The van der Waals surface area contributed by atoms with Crippen LogP contribution in [-0.2, 0) is 4.74 Å². The molecule has 0 rings (SSSR count). The van der Waals surface area contributed by atoms with Crippen LogP contribution in [0.1, 0.15) is 103 Å². The summed E-state index contributed by atoms with van der Waals surface area (Å²) in [5.41, 5.74) is 0. The maximum atomic E-state index is 5.53. The van der Waals surface area contributed by atoms with Crippen molar-refractivity contribution >= 4 is 0 Å². The van der Waals surface area contributed by atoms with Gasteiger partial charge < -0.3 is 4.74 Å². The van der Waals surface area contributed by atoms with Crippen molar-refractivity contribution in [3.8, 4) is 0 Å². The third kappa shape index (κ3) is 19.9. The van der Waals surface area contributed by atoms with E-state index in [9.17, 15) is 0 Å². The summed E-state index contributed by atoms with van der Waals surface area (Å²) in [6.45, 7) is 3.98. The minimum atomic E-state index is 0.763. The van der Waals surface area contributed by atoms with Gasteiger partial charge in [0, 0.05) is 6.61 Å². The van der Waals surface area contributed by atoms with Crippen LogP contribution in [-0.4, -0.2) is 32.3 Å². The second-order valence-electron chi connectivity index (χ2n) is 7.07. The van der Waals surface area contributed by atoms with E-state index >= 15 is 0 Å². The molecule has 0 aliphatic carbocycles. The molecule has 2 heteroatoms. The number of ether oxygens (including phenoxy) is 1. The van der Waals surface area contributed by atoms with Gasteiger partial charge in [0.05, 0.1) is 6.73 Å². The second-order valence-corrected chi connectivity index (χ2v) is 7.07. The number of rotatable bonds is 18. The number of hydrogen-bond acceptors (Lipinski definition) is 2. The molecule has 0 aromatic rings. The SMILES string of the molecule is CCCCCCCCCCCCCCCCCOCN(C)C. The van der Waals surface area contributed by atoms with Crippen LogP contribution in [0.4, 0.5) is 0 Å². The predicted molar refractivity (Wildman–Crippen MR) is 99.4 cm³/mol. The first kappa shape index (κ1) is 21.9. The molecule has 0 unspecified atom stereocenters. The molecular weight excluding hydrogens is 270 g/mol. The van der Waals surface area contributed by atoms with Gasteiger partial charge in [0.25, 0.3) is 0 Å². The molecule has 0 aliphatic heterocycles. The van der Waals surface area contributed by atoms with Crippen molar-refractivity contribution in [1.29, 1.82) is 0 Å². The van der Waals surface area contributed by atoms with E-state index in [0.29, 0.717) is 0 Å². The predicted octanol–water partition coefficient (Wildman–Crippen LogP) is 6.39. The van der Waals surface area contributed by atoms with Crippen LogP contribution >= 0.6 is 0 Å². The van der Waals surface area contributed by atoms with Crippen LogP contribution in [0.25, 0.3) is 0 Å². The fourth-order valence-corrected chi connectivity index (χ4v) is 2.82. The van der Waals surface area contributed by atoms with Gasteiger partial charge in [0.2, 0.25) is 0 Å². The van der Waals surface area contributed by atoms with E-state index < -0.39 is 0 Å². The molecule has 0 aromatic carbocycles. The fourth-order valence-electron chi connectivity index (χ4n) is 2.82. The Labute approximate surface area is 141 Å². The molecule has 0 saturated heterocycles. The standard InChI is InChI=1S/C20H43NO/c1-4-5-6-7-8-9-10-11-12-13-14-15-16-17-18-19-22-20-21(2)3/h4-20H2,1-3H3. The summed E-state index contributed by atoms with van der Waals surface area (Å²) < 4.78 is 5.53. The molecule has 0 fully saturated rings. The third-order valence-corrected chi connectivity index (χ3v) is 4.24. The summed E-state index contributed by atoms with van der Waals surface area (Å²) >= 11 is 0. The smallest absolute Gasteiger partial charge is 0.0985 e. The lowest BCUT2D eigenvalue weighted by atomic mass is 10.0. The monoisotopic (exact) mass is 313 g/mol. The Bertz CT molecular complexity index is 194. The molecule has 0 bridgehead atoms. The molecule has 0 N–H and O–H groups in total.